The van der Waals surface area contributed by atoms with Crippen molar-refractivity contribution in [2.75, 3.05) is 39.0 Å². The van der Waals surface area contributed by atoms with Gasteiger partial charge in [0.25, 0.3) is 0 Å². The van der Waals surface area contributed by atoms with E-state index in [2.05, 4.69) is 43.6 Å². The summed E-state index contributed by atoms with van der Waals surface area (Å²) < 4.78 is 2.12. The minimum absolute atomic E-state index is 0.368. The van der Waals surface area contributed by atoms with Gasteiger partial charge in [-0.2, -0.15) is 5.10 Å². The lowest BCUT2D eigenvalue weighted by atomic mass is 9.90. The highest BCUT2D eigenvalue weighted by molar-refractivity contribution is 5.98. The summed E-state index contributed by atoms with van der Waals surface area (Å²) in [4.78, 5) is 13.9. The van der Waals surface area contributed by atoms with E-state index in [9.17, 15) is 0 Å². The van der Waals surface area contributed by atoms with Gasteiger partial charge in [-0.25, -0.2) is 14.6 Å². The molecule has 2 aromatic heterocycles. The first-order valence-corrected chi connectivity index (χ1v) is 10.7. The van der Waals surface area contributed by atoms with Gasteiger partial charge in [-0.1, -0.05) is 30.3 Å². The van der Waals surface area contributed by atoms with Gasteiger partial charge in [0.2, 0.25) is 0 Å². The summed E-state index contributed by atoms with van der Waals surface area (Å²) in [6.45, 7) is 4.75. The maximum atomic E-state index is 6.25. The van der Waals surface area contributed by atoms with E-state index in [1.807, 2.05) is 18.2 Å². The van der Waals surface area contributed by atoms with Crippen LogP contribution in [0.25, 0.3) is 22.3 Å². The lowest BCUT2D eigenvalue weighted by molar-refractivity contribution is 0.0815. The predicted octanol–water partition coefficient (Wildman–Crippen LogP) is 2.81. The molecule has 29 heavy (non-hydrogen) atoms. The van der Waals surface area contributed by atoms with Gasteiger partial charge in [-0.3, -0.25) is 4.90 Å². The minimum atomic E-state index is 0.368. The van der Waals surface area contributed by atoms with Crippen molar-refractivity contribution in [2.45, 2.75) is 37.8 Å². The van der Waals surface area contributed by atoms with Crippen LogP contribution in [-0.2, 0) is 0 Å². The van der Waals surface area contributed by atoms with Crippen molar-refractivity contribution in [3.8, 4) is 11.3 Å². The van der Waals surface area contributed by atoms with Crippen LogP contribution in [0.1, 0.15) is 31.7 Å². The zero-order chi connectivity index (χ0) is 19.8. The Bertz CT molecular complexity index is 967. The average molecular weight is 392 g/mol. The van der Waals surface area contributed by atoms with Crippen LogP contribution in [0.15, 0.2) is 36.7 Å². The number of hydrogen-bond donors (Lipinski definition) is 1. The second-order valence-electron chi connectivity index (χ2n) is 8.42. The Hall–Kier alpha value is -2.51. The van der Waals surface area contributed by atoms with Crippen molar-refractivity contribution >= 4 is 16.9 Å². The van der Waals surface area contributed by atoms with Gasteiger partial charge in [0.15, 0.2) is 5.65 Å². The Balaban J connectivity index is 1.41. The molecule has 2 fully saturated rings. The summed E-state index contributed by atoms with van der Waals surface area (Å²) in [5.41, 5.74) is 9.06. The third-order valence-electron chi connectivity index (χ3n) is 6.63. The summed E-state index contributed by atoms with van der Waals surface area (Å²) in [5, 5.41) is 5.88. The van der Waals surface area contributed by atoms with E-state index in [1.54, 1.807) is 6.33 Å². The van der Waals surface area contributed by atoms with Crippen LogP contribution in [0, 0.1) is 0 Å². The highest BCUT2D eigenvalue weighted by atomic mass is 15.3. The number of fused-ring (bicyclic) bond motifs is 1. The number of piperazine rings is 1. The summed E-state index contributed by atoms with van der Waals surface area (Å²) in [5.74, 6) is 0.506. The molecule has 1 aliphatic carbocycles. The topological polar surface area (TPSA) is 76.1 Å². The van der Waals surface area contributed by atoms with Gasteiger partial charge in [0, 0.05) is 37.8 Å². The fraction of sp³-hybridized carbons (Fsp3) is 0.500. The maximum absolute atomic E-state index is 6.25. The number of rotatable bonds is 3. The second-order valence-corrected chi connectivity index (χ2v) is 8.42. The quantitative estimate of drug-likeness (QED) is 0.740. The number of anilines is 1. The average Bonchev–Trinajstić information content (AvgIpc) is 3.16. The van der Waals surface area contributed by atoms with E-state index in [1.165, 1.54) is 39.0 Å². The molecule has 0 bridgehead atoms. The number of likely N-dealkylation sites (N-methyl/N-ethyl adjacent to an activating group) is 1. The van der Waals surface area contributed by atoms with E-state index in [0.29, 0.717) is 17.9 Å². The van der Waals surface area contributed by atoms with Crippen molar-refractivity contribution in [2.24, 2.45) is 0 Å². The monoisotopic (exact) mass is 391 g/mol. The molecule has 1 saturated carbocycles. The number of nitrogen functional groups attached to an aromatic ring is 1. The van der Waals surface area contributed by atoms with Gasteiger partial charge in [-0.15, -0.1) is 0 Å². The molecule has 0 unspecified atom stereocenters. The van der Waals surface area contributed by atoms with Crippen molar-refractivity contribution in [3.05, 3.63) is 36.7 Å². The Morgan fingerprint density at radius 3 is 2.31 bits per heavy atom. The minimum Gasteiger partial charge on any atom is -0.383 e. The van der Waals surface area contributed by atoms with Crippen molar-refractivity contribution in [1.29, 1.82) is 0 Å². The third kappa shape index (κ3) is 3.49. The van der Waals surface area contributed by atoms with E-state index < -0.39 is 0 Å². The van der Waals surface area contributed by atoms with Gasteiger partial charge in [0.05, 0.1) is 11.4 Å². The fourth-order valence-corrected chi connectivity index (χ4v) is 4.90. The van der Waals surface area contributed by atoms with Crippen LogP contribution >= 0.6 is 0 Å². The molecule has 1 aliphatic heterocycles. The molecule has 0 spiro atoms. The normalized spacial score (nSPS) is 24.2. The van der Waals surface area contributed by atoms with Gasteiger partial charge in [0.1, 0.15) is 17.8 Å². The van der Waals surface area contributed by atoms with Crippen LogP contribution < -0.4 is 5.73 Å². The smallest absolute Gasteiger partial charge is 0.164 e. The molecule has 2 aliphatic rings. The second kappa shape index (κ2) is 7.72. The predicted molar refractivity (Wildman–Crippen MR) is 116 cm³/mol. The molecule has 152 valence electrons. The van der Waals surface area contributed by atoms with Gasteiger partial charge in [-0.05, 0) is 32.7 Å². The summed E-state index contributed by atoms with van der Waals surface area (Å²) >= 11 is 0. The van der Waals surface area contributed by atoms with Crippen molar-refractivity contribution in [1.82, 2.24) is 29.5 Å². The third-order valence-corrected chi connectivity index (χ3v) is 6.63. The largest absolute Gasteiger partial charge is 0.383 e. The molecule has 1 aromatic carbocycles. The van der Waals surface area contributed by atoms with Crippen LogP contribution in [0.4, 0.5) is 5.82 Å². The molecule has 3 aromatic rings. The number of benzene rings is 1. The highest BCUT2D eigenvalue weighted by Gasteiger charge is 2.30. The van der Waals surface area contributed by atoms with Gasteiger partial charge >= 0.3 is 0 Å². The summed E-state index contributed by atoms with van der Waals surface area (Å²) in [6, 6.07) is 11.3. The molecule has 5 rings (SSSR count). The van der Waals surface area contributed by atoms with E-state index in [-0.39, 0.29) is 0 Å². The van der Waals surface area contributed by atoms with Crippen molar-refractivity contribution < 1.29 is 0 Å². The number of nitrogens with two attached hydrogens (primary N) is 1. The number of hydrogen-bond acceptors (Lipinski definition) is 6. The molecule has 7 nitrogen and oxygen atoms in total. The molecular weight excluding hydrogens is 362 g/mol. The molecule has 0 radical (unpaired) electrons. The summed E-state index contributed by atoms with van der Waals surface area (Å²) in [7, 11) is 2.22. The van der Waals surface area contributed by atoms with E-state index in [4.69, 9.17) is 10.8 Å². The summed E-state index contributed by atoms with van der Waals surface area (Å²) in [6.07, 6.45) is 6.26. The zero-order valence-corrected chi connectivity index (χ0v) is 17.0. The standard InChI is InChI=1S/C22H29N7/c1-27-11-13-28(14-12-27)17-7-9-18(10-8-17)29-22-19(21(23)24-15-25-22)20(26-29)16-5-3-2-4-6-16/h2-6,15,17-18H,7-14H2,1H3,(H2,23,24,25). The molecule has 3 heterocycles. The van der Waals surface area contributed by atoms with Crippen LogP contribution in [0.3, 0.4) is 0 Å². The maximum Gasteiger partial charge on any atom is 0.164 e. The zero-order valence-electron chi connectivity index (χ0n) is 17.0. The van der Waals surface area contributed by atoms with Crippen LogP contribution in [0.2, 0.25) is 0 Å². The molecule has 7 heteroatoms. The van der Waals surface area contributed by atoms with E-state index in [0.717, 1.165) is 35.1 Å². The van der Waals surface area contributed by atoms with E-state index >= 15 is 0 Å². The molecule has 2 N–H and O–H groups in total. The first kappa shape index (κ1) is 18.5. The number of nitrogens with zero attached hydrogens (tertiary/aromatic N) is 6. The highest BCUT2D eigenvalue weighted by Crippen LogP contribution is 2.36. The van der Waals surface area contributed by atoms with Gasteiger partial charge < -0.3 is 10.6 Å². The van der Waals surface area contributed by atoms with Crippen LogP contribution in [0.5, 0.6) is 0 Å². The molecule has 1 saturated heterocycles. The SMILES string of the molecule is CN1CCN(C2CCC(n3nc(-c4ccccc4)c4c(N)ncnc43)CC2)CC1. The lowest BCUT2D eigenvalue weighted by Crippen LogP contribution is -2.49. The first-order valence-electron chi connectivity index (χ1n) is 10.7. The van der Waals surface area contributed by atoms with Crippen LogP contribution in [-0.4, -0.2) is 68.8 Å². The Morgan fingerprint density at radius 1 is 0.897 bits per heavy atom. The Kier molecular flexibility index (Phi) is 4.93. The molecule has 0 amide bonds. The Labute approximate surface area is 171 Å². The lowest BCUT2D eigenvalue weighted by Gasteiger charge is -2.41. The number of aromatic nitrogens is 4. The Morgan fingerprint density at radius 2 is 1.59 bits per heavy atom. The first-order chi connectivity index (χ1) is 14.2. The molecule has 0 atom stereocenters. The van der Waals surface area contributed by atoms with Crippen molar-refractivity contribution in [3.63, 3.8) is 0 Å². The molecular formula is C22H29N7. The fourth-order valence-electron chi connectivity index (χ4n) is 4.90.